The molecule has 3 nitrogen and oxygen atoms in total. The number of nitrogens with zero attached hydrogens (tertiary/aromatic N) is 2. The Morgan fingerprint density at radius 2 is 1.60 bits per heavy atom. The van der Waals surface area contributed by atoms with Crippen molar-refractivity contribution in [3.8, 4) is 0 Å². The number of halogens is 3. The standard InChI is InChI=1S/C19H26FN2O.2ClH/c1-21(15-17-8-5-4-6-9-17)12-13-23-22(2,3)16-18-10-7-11-19(20)14-18;;/h4-11,14H,12-13,15-16H2,1-3H3;2*1H/q+1;;. The van der Waals surface area contributed by atoms with Crippen LogP contribution in [0.4, 0.5) is 4.39 Å². The number of quaternary nitrogens is 1. The normalized spacial score (nSPS) is 10.9. The van der Waals surface area contributed by atoms with E-state index in [4.69, 9.17) is 4.84 Å². The monoisotopic (exact) mass is 389 g/mol. The molecule has 0 heterocycles. The fraction of sp³-hybridized carbons (Fsp3) is 0.368. The largest absolute Gasteiger partial charge is 0.300 e. The van der Waals surface area contributed by atoms with Gasteiger partial charge in [-0.05, 0) is 24.7 Å². The molecule has 2 rings (SSSR count). The molecule has 0 spiro atoms. The van der Waals surface area contributed by atoms with Crippen LogP contribution in [0.2, 0.25) is 0 Å². The number of rotatable bonds is 8. The minimum Gasteiger partial charge on any atom is -0.300 e. The smallest absolute Gasteiger partial charge is 0.134 e. The zero-order valence-corrected chi connectivity index (χ0v) is 16.7. The lowest BCUT2D eigenvalue weighted by Gasteiger charge is -2.28. The van der Waals surface area contributed by atoms with E-state index in [0.717, 1.165) is 18.7 Å². The summed E-state index contributed by atoms with van der Waals surface area (Å²) in [6.45, 7) is 3.02. The van der Waals surface area contributed by atoms with Gasteiger partial charge in [0.25, 0.3) is 0 Å². The van der Waals surface area contributed by atoms with Crippen molar-refractivity contribution >= 4 is 24.8 Å². The molecule has 0 aromatic heterocycles. The quantitative estimate of drug-likeness (QED) is 0.492. The second-order valence-electron chi connectivity index (χ2n) is 6.42. The Balaban J connectivity index is 0.00000288. The number of hydrogen-bond acceptors (Lipinski definition) is 2. The van der Waals surface area contributed by atoms with Crippen LogP contribution < -0.4 is 0 Å². The van der Waals surface area contributed by atoms with Gasteiger partial charge in [0, 0.05) is 18.7 Å². The summed E-state index contributed by atoms with van der Waals surface area (Å²) in [4.78, 5) is 8.19. The Labute approximate surface area is 162 Å². The summed E-state index contributed by atoms with van der Waals surface area (Å²) >= 11 is 0. The Kier molecular flexibility index (Phi) is 10.9. The predicted octanol–water partition coefficient (Wildman–Crippen LogP) is 4.31. The lowest BCUT2D eigenvalue weighted by Crippen LogP contribution is -2.40. The van der Waals surface area contributed by atoms with E-state index < -0.39 is 0 Å². The van der Waals surface area contributed by atoms with Crippen LogP contribution in [-0.4, -0.2) is 43.8 Å². The lowest BCUT2D eigenvalue weighted by molar-refractivity contribution is -1.09. The highest BCUT2D eigenvalue weighted by Gasteiger charge is 2.18. The first-order valence-corrected chi connectivity index (χ1v) is 7.89. The van der Waals surface area contributed by atoms with Gasteiger partial charge in [-0.2, -0.15) is 4.65 Å². The fourth-order valence-electron chi connectivity index (χ4n) is 2.54. The molecule has 2 aromatic rings. The van der Waals surface area contributed by atoms with Crippen LogP contribution in [0.3, 0.4) is 0 Å². The summed E-state index contributed by atoms with van der Waals surface area (Å²) in [5, 5.41) is 0. The van der Waals surface area contributed by atoms with Crippen molar-refractivity contribution in [2.24, 2.45) is 0 Å². The summed E-state index contributed by atoms with van der Waals surface area (Å²) in [6.07, 6.45) is 0. The summed E-state index contributed by atoms with van der Waals surface area (Å²) in [5.74, 6) is -0.204. The number of benzene rings is 2. The Hall–Kier alpha value is -1.17. The van der Waals surface area contributed by atoms with Crippen molar-refractivity contribution in [2.75, 3.05) is 34.3 Å². The summed E-state index contributed by atoms with van der Waals surface area (Å²) in [7, 11) is 6.06. The molecule has 0 bridgehead atoms. The topological polar surface area (TPSA) is 12.5 Å². The average molecular weight is 390 g/mol. The van der Waals surface area contributed by atoms with E-state index in [-0.39, 0.29) is 30.6 Å². The number of hydroxylamine groups is 3. The van der Waals surface area contributed by atoms with Crippen LogP contribution in [0.5, 0.6) is 0 Å². The second kappa shape index (κ2) is 11.4. The third-order valence-electron chi connectivity index (χ3n) is 3.66. The zero-order valence-electron chi connectivity index (χ0n) is 15.0. The summed E-state index contributed by atoms with van der Waals surface area (Å²) < 4.78 is 13.6. The van der Waals surface area contributed by atoms with Gasteiger partial charge in [0.05, 0.1) is 14.1 Å². The molecule has 0 N–H and O–H groups in total. The van der Waals surface area contributed by atoms with Gasteiger partial charge in [0.2, 0.25) is 0 Å². The van der Waals surface area contributed by atoms with Gasteiger partial charge in [-0.15, -0.1) is 24.8 Å². The van der Waals surface area contributed by atoms with Crippen molar-refractivity contribution < 1.29 is 13.9 Å². The third kappa shape index (κ3) is 9.19. The Morgan fingerprint density at radius 1 is 0.960 bits per heavy atom. The summed E-state index contributed by atoms with van der Waals surface area (Å²) in [6, 6.07) is 17.1. The highest BCUT2D eigenvalue weighted by atomic mass is 35.5. The SMILES string of the molecule is CN(CCO[N+](C)(C)Cc1cccc(F)c1)Cc1ccccc1.Cl.Cl. The molecule has 25 heavy (non-hydrogen) atoms. The molecule has 0 amide bonds. The van der Waals surface area contributed by atoms with Gasteiger partial charge in [-0.3, -0.25) is 4.90 Å². The molecule has 0 atom stereocenters. The van der Waals surface area contributed by atoms with Crippen molar-refractivity contribution in [3.05, 3.63) is 71.5 Å². The maximum absolute atomic E-state index is 13.3. The minimum absolute atomic E-state index is 0. The predicted molar refractivity (Wildman–Crippen MR) is 105 cm³/mol. The van der Waals surface area contributed by atoms with E-state index in [2.05, 4.69) is 36.2 Å². The molecular weight excluding hydrogens is 362 g/mol. The first kappa shape index (κ1) is 23.8. The molecule has 0 fully saturated rings. The Morgan fingerprint density at radius 3 is 2.24 bits per heavy atom. The van der Waals surface area contributed by atoms with Crippen molar-refractivity contribution in [3.63, 3.8) is 0 Å². The fourth-order valence-corrected chi connectivity index (χ4v) is 2.54. The van der Waals surface area contributed by atoms with Gasteiger partial charge in [-0.1, -0.05) is 42.5 Å². The Bertz CT molecular complexity index is 611. The van der Waals surface area contributed by atoms with Crippen molar-refractivity contribution in [2.45, 2.75) is 13.1 Å². The molecule has 0 radical (unpaired) electrons. The molecule has 0 saturated carbocycles. The van der Waals surface area contributed by atoms with Gasteiger partial charge in [0.1, 0.15) is 19.0 Å². The van der Waals surface area contributed by atoms with Crippen LogP contribution in [0.15, 0.2) is 54.6 Å². The molecular formula is C19H28Cl2FN2O+. The van der Waals surface area contributed by atoms with Crippen LogP contribution in [0, 0.1) is 5.82 Å². The van der Waals surface area contributed by atoms with E-state index >= 15 is 0 Å². The van der Waals surface area contributed by atoms with Crippen molar-refractivity contribution in [1.82, 2.24) is 4.90 Å². The van der Waals surface area contributed by atoms with E-state index in [1.807, 2.05) is 26.2 Å². The molecule has 0 aliphatic carbocycles. The van der Waals surface area contributed by atoms with Gasteiger partial charge in [-0.25, -0.2) is 9.23 Å². The van der Waals surface area contributed by atoms with Crippen molar-refractivity contribution in [1.29, 1.82) is 0 Å². The van der Waals surface area contributed by atoms with E-state index in [1.165, 1.54) is 11.6 Å². The molecule has 0 unspecified atom stereocenters. The zero-order chi connectivity index (χ0) is 16.7. The second-order valence-corrected chi connectivity index (χ2v) is 6.42. The molecule has 0 aliphatic rings. The lowest BCUT2D eigenvalue weighted by atomic mass is 10.2. The molecule has 6 heteroatoms. The number of hydrogen-bond donors (Lipinski definition) is 0. The van der Waals surface area contributed by atoms with Crippen LogP contribution in [0.1, 0.15) is 11.1 Å². The maximum atomic E-state index is 13.3. The third-order valence-corrected chi connectivity index (χ3v) is 3.66. The first-order chi connectivity index (χ1) is 10.9. The summed E-state index contributed by atoms with van der Waals surface area (Å²) in [5.41, 5.74) is 2.23. The molecule has 140 valence electrons. The maximum Gasteiger partial charge on any atom is 0.134 e. The van der Waals surface area contributed by atoms with Gasteiger partial charge >= 0.3 is 0 Å². The first-order valence-electron chi connectivity index (χ1n) is 7.89. The van der Waals surface area contributed by atoms with E-state index in [9.17, 15) is 4.39 Å². The van der Waals surface area contributed by atoms with E-state index in [1.54, 1.807) is 12.1 Å². The van der Waals surface area contributed by atoms with Crippen LogP contribution >= 0.6 is 24.8 Å². The molecule has 0 aliphatic heterocycles. The van der Waals surface area contributed by atoms with E-state index in [0.29, 0.717) is 17.8 Å². The number of likely N-dealkylation sites (N-methyl/N-ethyl adjacent to an activating group) is 1. The van der Waals surface area contributed by atoms with Gasteiger partial charge < -0.3 is 0 Å². The molecule has 0 saturated heterocycles. The minimum atomic E-state index is -0.204. The highest BCUT2D eigenvalue weighted by Crippen LogP contribution is 2.12. The molecule has 2 aromatic carbocycles. The van der Waals surface area contributed by atoms with Crippen LogP contribution in [-0.2, 0) is 17.9 Å². The average Bonchev–Trinajstić information content (AvgIpc) is 2.47. The van der Waals surface area contributed by atoms with Crippen LogP contribution in [0.25, 0.3) is 0 Å². The highest BCUT2D eigenvalue weighted by molar-refractivity contribution is 5.85. The van der Waals surface area contributed by atoms with Gasteiger partial charge in [0.15, 0.2) is 0 Å².